The van der Waals surface area contributed by atoms with Crippen molar-refractivity contribution < 1.29 is 0 Å². The third kappa shape index (κ3) is 1.06. The molecule has 2 rings (SSSR count). The first kappa shape index (κ1) is 7.53. The van der Waals surface area contributed by atoms with Crippen molar-refractivity contribution in [1.29, 1.82) is 0 Å². The summed E-state index contributed by atoms with van der Waals surface area (Å²) in [4.78, 5) is 4.47. The molecule has 0 saturated carbocycles. The van der Waals surface area contributed by atoms with Crippen LogP contribution in [0.25, 0.3) is 0 Å². The molecule has 1 atom stereocenters. The fourth-order valence-electron chi connectivity index (χ4n) is 1.71. The van der Waals surface area contributed by atoms with E-state index in [1.165, 1.54) is 16.8 Å². The van der Waals surface area contributed by atoms with E-state index >= 15 is 0 Å². The standard InChI is InChI=1S/C11H13N/c1-8-7-12-9(2)11-6-4-3-5-10(8)11/h3-6,8H,7H2,1-2H3. The lowest BCUT2D eigenvalue weighted by Crippen LogP contribution is -2.12. The van der Waals surface area contributed by atoms with Crippen LogP contribution in [0.4, 0.5) is 0 Å². The Bertz CT molecular complexity index is 326. The summed E-state index contributed by atoms with van der Waals surface area (Å²) in [6.07, 6.45) is 0. The van der Waals surface area contributed by atoms with Gasteiger partial charge in [-0.3, -0.25) is 4.99 Å². The van der Waals surface area contributed by atoms with E-state index in [1.807, 2.05) is 0 Å². The summed E-state index contributed by atoms with van der Waals surface area (Å²) in [5.41, 5.74) is 3.96. The monoisotopic (exact) mass is 159 g/mol. The summed E-state index contributed by atoms with van der Waals surface area (Å²) < 4.78 is 0. The molecule has 0 spiro atoms. The van der Waals surface area contributed by atoms with Gasteiger partial charge in [0, 0.05) is 18.2 Å². The normalized spacial score (nSPS) is 21.5. The van der Waals surface area contributed by atoms with Crippen LogP contribution in [0.15, 0.2) is 29.3 Å². The van der Waals surface area contributed by atoms with Gasteiger partial charge in [-0.1, -0.05) is 31.2 Å². The number of nitrogens with zero attached hydrogens (tertiary/aromatic N) is 1. The van der Waals surface area contributed by atoms with Crippen LogP contribution in [0.3, 0.4) is 0 Å². The highest BCUT2D eigenvalue weighted by atomic mass is 14.8. The van der Waals surface area contributed by atoms with E-state index in [4.69, 9.17) is 0 Å². The second kappa shape index (κ2) is 2.74. The predicted molar refractivity (Wildman–Crippen MR) is 51.9 cm³/mol. The molecule has 12 heavy (non-hydrogen) atoms. The Kier molecular flexibility index (Phi) is 1.72. The first-order chi connectivity index (χ1) is 5.79. The van der Waals surface area contributed by atoms with Crippen molar-refractivity contribution in [2.24, 2.45) is 4.99 Å². The van der Waals surface area contributed by atoms with Crippen molar-refractivity contribution in [3.63, 3.8) is 0 Å². The van der Waals surface area contributed by atoms with Crippen molar-refractivity contribution >= 4 is 5.71 Å². The average molecular weight is 159 g/mol. The molecule has 1 nitrogen and oxygen atoms in total. The number of hydrogen-bond donors (Lipinski definition) is 0. The van der Waals surface area contributed by atoms with Crippen molar-refractivity contribution in [2.75, 3.05) is 6.54 Å². The molecule has 1 heterocycles. The zero-order chi connectivity index (χ0) is 8.55. The minimum Gasteiger partial charge on any atom is -0.289 e. The maximum Gasteiger partial charge on any atom is 0.0458 e. The van der Waals surface area contributed by atoms with Gasteiger partial charge in [-0.05, 0) is 18.1 Å². The molecule has 0 fully saturated rings. The van der Waals surface area contributed by atoms with Crippen LogP contribution in [0.5, 0.6) is 0 Å². The van der Waals surface area contributed by atoms with Crippen LogP contribution in [0, 0.1) is 0 Å². The summed E-state index contributed by atoms with van der Waals surface area (Å²) in [5, 5.41) is 0. The molecule has 1 heteroatoms. The minimum atomic E-state index is 0.588. The molecule has 1 aliphatic rings. The van der Waals surface area contributed by atoms with Crippen molar-refractivity contribution in [2.45, 2.75) is 19.8 Å². The Labute approximate surface area is 73.1 Å². The van der Waals surface area contributed by atoms with Crippen LogP contribution in [0.1, 0.15) is 30.9 Å². The van der Waals surface area contributed by atoms with Gasteiger partial charge in [-0.2, -0.15) is 0 Å². The van der Waals surface area contributed by atoms with Gasteiger partial charge >= 0.3 is 0 Å². The third-order valence-electron chi connectivity index (χ3n) is 2.48. The summed E-state index contributed by atoms with van der Waals surface area (Å²) >= 11 is 0. The van der Waals surface area contributed by atoms with Crippen LogP contribution in [-0.4, -0.2) is 12.3 Å². The molecule has 0 saturated heterocycles. The summed E-state index contributed by atoms with van der Waals surface area (Å²) in [5.74, 6) is 0.588. The van der Waals surface area contributed by atoms with Crippen molar-refractivity contribution in [3.8, 4) is 0 Å². The van der Waals surface area contributed by atoms with E-state index in [2.05, 4.69) is 43.1 Å². The number of hydrogen-bond acceptors (Lipinski definition) is 1. The number of rotatable bonds is 0. The Hall–Kier alpha value is -1.11. The van der Waals surface area contributed by atoms with E-state index in [1.54, 1.807) is 0 Å². The molecule has 62 valence electrons. The molecule has 0 aliphatic carbocycles. The SMILES string of the molecule is CC1=NCC(C)c2ccccc21. The van der Waals surface area contributed by atoms with E-state index in [-0.39, 0.29) is 0 Å². The highest BCUT2D eigenvalue weighted by Crippen LogP contribution is 2.24. The van der Waals surface area contributed by atoms with Gasteiger partial charge < -0.3 is 0 Å². The molecule has 1 aliphatic heterocycles. The Morgan fingerprint density at radius 1 is 1.33 bits per heavy atom. The zero-order valence-electron chi connectivity index (χ0n) is 7.54. The average Bonchev–Trinajstić information content (AvgIpc) is 2.12. The van der Waals surface area contributed by atoms with Crippen LogP contribution >= 0.6 is 0 Å². The fourth-order valence-corrected chi connectivity index (χ4v) is 1.71. The van der Waals surface area contributed by atoms with Gasteiger partial charge in [0.15, 0.2) is 0 Å². The highest BCUT2D eigenvalue weighted by Gasteiger charge is 2.15. The van der Waals surface area contributed by atoms with Crippen LogP contribution < -0.4 is 0 Å². The second-order valence-electron chi connectivity index (χ2n) is 3.41. The van der Waals surface area contributed by atoms with E-state index in [0.29, 0.717) is 5.92 Å². The van der Waals surface area contributed by atoms with Gasteiger partial charge in [0.1, 0.15) is 0 Å². The molecule has 0 N–H and O–H groups in total. The smallest absolute Gasteiger partial charge is 0.0458 e. The Morgan fingerprint density at radius 2 is 2.08 bits per heavy atom. The predicted octanol–water partition coefficient (Wildman–Crippen LogP) is 2.61. The van der Waals surface area contributed by atoms with Gasteiger partial charge in [0.05, 0.1) is 0 Å². The maximum absolute atomic E-state index is 4.47. The molecule has 0 aromatic heterocycles. The van der Waals surface area contributed by atoms with Gasteiger partial charge in [-0.25, -0.2) is 0 Å². The summed E-state index contributed by atoms with van der Waals surface area (Å²) in [6.45, 7) is 5.27. The van der Waals surface area contributed by atoms with E-state index in [0.717, 1.165) is 6.54 Å². The fraction of sp³-hybridized carbons (Fsp3) is 0.364. The summed E-state index contributed by atoms with van der Waals surface area (Å²) in [7, 11) is 0. The van der Waals surface area contributed by atoms with Gasteiger partial charge in [-0.15, -0.1) is 0 Å². The lowest BCUT2D eigenvalue weighted by molar-refractivity contribution is 0.760. The third-order valence-corrected chi connectivity index (χ3v) is 2.48. The van der Waals surface area contributed by atoms with E-state index in [9.17, 15) is 0 Å². The van der Waals surface area contributed by atoms with Crippen LogP contribution in [-0.2, 0) is 0 Å². The molecule has 0 radical (unpaired) electrons. The number of fused-ring (bicyclic) bond motifs is 1. The molecular weight excluding hydrogens is 146 g/mol. The lowest BCUT2D eigenvalue weighted by Gasteiger charge is -2.19. The molecule has 0 bridgehead atoms. The Morgan fingerprint density at radius 3 is 2.83 bits per heavy atom. The zero-order valence-corrected chi connectivity index (χ0v) is 7.54. The maximum atomic E-state index is 4.47. The first-order valence-electron chi connectivity index (χ1n) is 4.39. The number of benzene rings is 1. The molecule has 1 aromatic carbocycles. The number of aliphatic imine (C=N–C) groups is 1. The molecule has 0 amide bonds. The summed E-state index contributed by atoms with van der Waals surface area (Å²) in [6, 6.07) is 8.55. The van der Waals surface area contributed by atoms with Crippen molar-refractivity contribution in [3.05, 3.63) is 35.4 Å². The lowest BCUT2D eigenvalue weighted by atomic mass is 9.91. The molecular formula is C11H13N. The van der Waals surface area contributed by atoms with Gasteiger partial charge in [0.2, 0.25) is 0 Å². The van der Waals surface area contributed by atoms with E-state index < -0.39 is 0 Å². The molecule has 1 unspecified atom stereocenters. The highest BCUT2D eigenvalue weighted by molar-refractivity contribution is 6.00. The minimum absolute atomic E-state index is 0.588. The van der Waals surface area contributed by atoms with Crippen molar-refractivity contribution in [1.82, 2.24) is 0 Å². The van der Waals surface area contributed by atoms with Crippen LogP contribution in [0.2, 0.25) is 0 Å². The van der Waals surface area contributed by atoms with Gasteiger partial charge in [0.25, 0.3) is 0 Å². The topological polar surface area (TPSA) is 12.4 Å². The first-order valence-corrected chi connectivity index (χ1v) is 4.39. The molecule has 1 aromatic rings. The largest absolute Gasteiger partial charge is 0.289 e. The second-order valence-corrected chi connectivity index (χ2v) is 3.41. The Balaban J connectivity index is 2.58. The quantitative estimate of drug-likeness (QED) is 0.551.